The van der Waals surface area contributed by atoms with Crippen molar-refractivity contribution in [3.05, 3.63) is 35.4 Å². The molecule has 2 rings (SSSR count). The van der Waals surface area contributed by atoms with Gasteiger partial charge in [-0.25, -0.2) is 4.79 Å². The molecule has 1 amide bonds. The summed E-state index contributed by atoms with van der Waals surface area (Å²) < 4.78 is 5.13. The highest BCUT2D eigenvalue weighted by atomic mass is 16.5. The van der Waals surface area contributed by atoms with E-state index < -0.39 is 5.54 Å². The molecular weight excluding hydrogens is 230 g/mol. The molecule has 0 radical (unpaired) electrons. The van der Waals surface area contributed by atoms with Gasteiger partial charge in [0, 0.05) is 6.92 Å². The third-order valence-corrected chi connectivity index (χ3v) is 3.26. The lowest BCUT2D eigenvalue weighted by molar-refractivity contribution is -0.153. The number of esters is 1. The lowest BCUT2D eigenvalue weighted by Gasteiger charge is -2.28. The molecule has 1 aromatic rings. The Hall–Kier alpha value is -1.84. The van der Waals surface area contributed by atoms with Gasteiger partial charge in [-0.3, -0.25) is 4.79 Å². The normalized spacial score (nSPS) is 21.2. The number of hydrogen-bond donors (Lipinski definition) is 1. The number of hydrogen-bond acceptors (Lipinski definition) is 3. The first kappa shape index (κ1) is 12.6. The van der Waals surface area contributed by atoms with Crippen LogP contribution in [0.1, 0.15) is 31.4 Å². The summed E-state index contributed by atoms with van der Waals surface area (Å²) in [5, 5.41) is 2.78. The molecule has 4 heteroatoms. The highest BCUT2D eigenvalue weighted by Gasteiger charge is 2.47. The molecule has 1 aliphatic carbocycles. The smallest absolute Gasteiger partial charge is 0.336 e. The van der Waals surface area contributed by atoms with Crippen LogP contribution in [-0.2, 0) is 26.3 Å². The first-order valence-electron chi connectivity index (χ1n) is 6.14. The third-order valence-electron chi connectivity index (χ3n) is 3.26. The van der Waals surface area contributed by atoms with Crippen molar-refractivity contribution < 1.29 is 14.3 Å². The monoisotopic (exact) mass is 247 g/mol. The fraction of sp³-hybridized carbons (Fsp3) is 0.429. The van der Waals surface area contributed by atoms with Gasteiger partial charge in [0.15, 0.2) is 5.54 Å². The Morgan fingerprint density at radius 3 is 2.78 bits per heavy atom. The molecule has 0 saturated heterocycles. The second kappa shape index (κ2) is 4.80. The summed E-state index contributed by atoms with van der Waals surface area (Å²) in [6, 6.07) is 7.68. The van der Waals surface area contributed by atoms with Gasteiger partial charge in [-0.2, -0.15) is 0 Å². The van der Waals surface area contributed by atoms with Gasteiger partial charge in [-0.05, 0) is 30.9 Å². The maximum atomic E-state index is 12.2. The number of carbonyl (C=O) groups excluding carboxylic acids is 2. The molecule has 0 aliphatic heterocycles. The van der Waals surface area contributed by atoms with Gasteiger partial charge in [0.05, 0.1) is 6.61 Å². The predicted molar refractivity (Wildman–Crippen MR) is 66.9 cm³/mol. The molecule has 0 saturated carbocycles. The Balaban J connectivity index is 2.45. The van der Waals surface area contributed by atoms with E-state index in [9.17, 15) is 9.59 Å². The third kappa shape index (κ3) is 1.98. The number of rotatable bonds is 3. The van der Waals surface area contributed by atoms with Crippen molar-refractivity contribution in [2.24, 2.45) is 0 Å². The van der Waals surface area contributed by atoms with E-state index in [0.717, 1.165) is 17.5 Å². The summed E-state index contributed by atoms with van der Waals surface area (Å²) in [4.78, 5) is 23.6. The standard InChI is InChI=1S/C14H17NO3/c1-3-18-13(17)14(15-10(2)16)9-8-11-6-4-5-7-12(11)14/h4-7H,3,8-9H2,1-2H3,(H,15,16). The lowest BCUT2D eigenvalue weighted by atomic mass is 9.91. The van der Waals surface area contributed by atoms with Crippen molar-refractivity contribution in [3.63, 3.8) is 0 Å². The van der Waals surface area contributed by atoms with Gasteiger partial charge in [0.2, 0.25) is 5.91 Å². The highest BCUT2D eigenvalue weighted by molar-refractivity contribution is 5.89. The summed E-state index contributed by atoms with van der Waals surface area (Å²) >= 11 is 0. The van der Waals surface area contributed by atoms with E-state index in [4.69, 9.17) is 4.74 Å². The minimum Gasteiger partial charge on any atom is -0.464 e. The molecule has 4 nitrogen and oxygen atoms in total. The molecule has 0 bridgehead atoms. The zero-order valence-electron chi connectivity index (χ0n) is 10.7. The maximum Gasteiger partial charge on any atom is 0.336 e. The Morgan fingerprint density at radius 2 is 2.11 bits per heavy atom. The van der Waals surface area contributed by atoms with Crippen LogP contribution in [0.15, 0.2) is 24.3 Å². The van der Waals surface area contributed by atoms with Crippen LogP contribution < -0.4 is 5.32 Å². The predicted octanol–water partition coefficient (Wildman–Crippen LogP) is 1.53. The van der Waals surface area contributed by atoms with E-state index in [1.165, 1.54) is 6.92 Å². The molecule has 18 heavy (non-hydrogen) atoms. The van der Waals surface area contributed by atoms with Gasteiger partial charge in [0.25, 0.3) is 0 Å². The van der Waals surface area contributed by atoms with Crippen LogP contribution in [0.5, 0.6) is 0 Å². The summed E-state index contributed by atoms with van der Waals surface area (Å²) in [5.74, 6) is -0.593. The van der Waals surface area contributed by atoms with Crippen LogP contribution in [0.25, 0.3) is 0 Å². The Kier molecular flexibility index (Phi) is 3.36. The van der Waals surface area contributed by atoms with Crippen molar-refractivity contribution in [1.82, 2.24) is 5.32 Å². The number of benzene rings is 1. The van der Waals surface area contributed by atoms with Gasteiger partial charge in [-0.15, -0.1) is 0 Å². The molecule has 0 heterocycles. The Labute approximate surface area is 106 Å². The average molecular weight is 247 g/mol. The SMILES string of the molecule is CCOC(=O)C1(NC(C)=O)CCc2ccccc21. The molecule has 1 aliphatic rings. The molecule has 1 atom stereocenters. The fourth-order valence-electron chi connectivity index (χ4n) is 2.56. The Morgan fingerprint density at radius 1 is 1.39 bits per heavy atom. The number of ether oxygens (including phenoxy) is 1. The first-order valence-corrected chi connectivity index (χ1v) is 6.14. The van der Waals surface area contributed by atoms with E-state index in [2.05, 4.69) is 5.32 Å². The lowest BCUT2D eigenvalue weighted by Crippen LogP contribution is -2.50. The molecular formula is C14H17NO3. The van der Waals surface area contributed by atoms with E-state index in [-0.39, 0.29) is 11.9 Å². The van der Waals surface area contributed by atoms with Gasteiger partial charge in [-0.1, -0.05) is 24.3 Å². The van der Waals surface area contributed by atoms with Crippen LogP contribution >= 0.6 is 0 Å². The molecule has 1 N–H and O–H groups in total. The second-order valence-corrected chi connectivity index (χ2v) is 4.46. The number of fused-ring (bicyclic) bond motifs is 1. The van der Waals surface area contributed by atoms with Gasteiger partial charge < -0.3 is 10.1 Å². The molecule has 1 unspecified atom stereocenters. The molecule has 0 aromatic heterocycles. The van der Waals surface area contributed by atoms with Crippen molar-refractivity contribution in [2.75, 3.05) is 6.61 Å². The van der Waals surface area contributed by atoms with Crippen LogP contribution in [0.3, 0.4) is 0 Å². The molecule has 0 spiro atoms. The van der Waals surface area contributed by atoms with Crippen molar-refractivity contribution >= 4 is 11.9 Å². The second-order valence-electron chi connectivity index (χ2n) is 4.46. The largest absolute Gasteiger partial charge is 0.464 e. The number of aryl methyl sites for hydroxylation is 1. The van der Waals surface area contributed by atoms with Crippen molar-refractivity contribution in [1.29, 1.82) is 0 Å². The number of amides is 1. The van der Waals surface area contributed by atoms with E-state index in [1.54, 1.807) is 6.92 Å². The molecule has 1 aromatic carbocycles. The average Bonchev–Trinajstić information content (AvgIpc) is 2.70. The highest BCUT2D eigenvalue weighted by Crippen LogP contribution is 2.37. The fourth-order valence-corrected chi connectivity index (χ4v) is 2.56. The van der Waals surface area contributed by atoms with E-state index in [0.29, 0.717) is 13.0 Å². The minimum absolute atomic E-state index is 0.222. The van der Waals surface area contributed by atoms with Crippen molar-refractivity contribution in [2.45, 2.75) is 32.2 Å². The summed E-state index contributed by atoms with van der Waals surface area (Å²) in [7, 11) is 0. The van der Waals surface area contributed by atoms with Crippen LogP contribution in [0, 0.1) is 0 Å². The number of nitrogens with one attached hydrogen (secondary N) is 1. The van der Waals surface area contributed by atoms with Crippen LogP contribution in [0.4, 0.5) is 0 Å². The summed E-state index contributed by atoms with van der Waals surface area (Å²) in [6.07, 6.45) is 1.33. The van der Waals surface area contributed by atoms with E-state index >= 15 is 0 Å². The molecule has 96 valence electrons. The topological polar surface area (TPSA) is 55.4 Å². The van der Waals surface area contributed by atoms with Crippen LogP contribution in [-0.4, -0.2) is 18.5 Å². The van der Waals surface area contributed by atoms with Crippen molar-refractivity contribution in [3.8, 4) is 0 Å². The first-order chi connectivity index (χ1) is 8.60. The van der Waals surface area contributed by atoms with Gasteiger partial charge >= 0.3 is 5.97 Å². The zero-order valence-corrected chi connectivity index (χ0v) is 10.7. The van der Waals surface area contributed by atoms with Crippen LogP contribution in [0.2, 0.25) is 0 Å². The Bertz CT molecular complexity index is 484. The minimum atomic E-state index is -1.00. The zero-order chi connectivity index (χ0) is 13.2. The summed E-state index contributed by atoms with van der Waals surface area (Å²) in [6.45, 7) is 3.49. The maximum absolute atomic E-state index is 12.2. The van der Waals surface area contributed by atoms with Gasteiger partial charge in [0.1, 0.15) is 0 Å². The quantitative estimate of drug-likeness (QED) is 0.824. The number of carbonyl (C=O) groups is 2. The molecule has 0 fully saturated rings. The van der Waals surface area contributed by atoms with E-state index in [1.807, 2.05) is 24.3 Å². The summed E-state index contributed by atoms with van der Waals surface area (Å²) in [5.41, 5.74) is 0.955.